The maximum atomic E-state index is 12.0. The van der Waals surface area contributed by atoms with Gasteiger partial charge in [0.15, 0.2) is 0 Å². The Hall–Kier alpha value is -1.88. The summed E-state index contributed by atoms with van der Waals surface area (Å²) in [5, 5.41) is 8.54. The molecule has 0 unspecified atom stereocenters. The first-order valence-electron chi connectivity index (χ1n) is 6.79. The third-order valence-corrected chi connectivity index (χ3v) is 3.11. The summed E-state index contributed by atoms with van der Waals surface area (Å²) in [5.74, 6) is -0.276. The van der Waals surface area contributed by atoms with Crippen molar-refractivity contribution in [2.24, 2.45) is 0 Å². The Labute approximate surface area is 120 Å². The molecule has 2 amide bonds. The van der Waals surface area contributed by atoms with E-state index in [0.29, 0.717) is 17.8 Å². The van der Waals surface area contributed by atoms with Crippen LogP contribution in [0, 0.1) is 0 Å². The summed E-state index contributed by atoms with van der Waals surface area (Å²) in [6.45, 7) is 6.22. The number of nitrogens with one attached hydrogen (secondary N) is 3. The molecular formula is C15H23N3O2. The van der Waals surface area contributed by atoms with E-state index in [1.165, 1.54) is 0 Å². The van der Waals surface area contributed by atoms with Gasteiger partial charge in [0.1, 0.15) is 0 Å². The molecule has 0 bridgehead atoms. The highest BCUT2D eigenvalue weighted by atomic mass is 16.2. The van der Waals surface area contributed by atoms with Gasteiger partial charge in [-0.05, 0) is 45.5 Å². The van der Waals surface area contributed by atoms with Crippen LogP contribution in [0.25, 0.3) is 0 Å². The largest absolute Gasteiger partial charge is 0.352 e. The first-order valence-corrected chi connectivity index (χ1v) is 6.79. The van der Waals surface area contributed by atoms with Gasteiger partial charge in [0.25, 0.3) is 5.91 Å². The Kier molecular flexibility index (Phi) is 5.70. The Morgan fingerprint density at radius 1 is 1.25 bits per heavy atom. The summed E-state index contributed by atoms with van der Waals surface area (Å²) < 4.78 is 0. The van der Waals surface area contributed by atoms with Crippen LogP contribution in [0.1, 0.15) is 37.6 Å². The highest BCUT2D eigenvalue weighted by molar-refractivity contribution is 5.99. The van der Waals surface area contributed by atoms with Gasteiger partial charge in [-0.25, -0.2) is 0 Å². The minimum Gasteiger partial charge on any atom is -0.352 e. The van der Waals surface area contributed by atoms with E-state index in [-0.39, 0.29) is 11.8 Å². The van der Waals surface area contributed by atoms with Crippen molar-refractivity contribution in [3.63, 3.8) is 0 Å². The summed E-state index contributed by atoms with van der Waals surface area (Å²) in [6, 6.07) is 6.92. The molecule has 0 aliphatic carbocycles. The minimum atomic E-state index is -0.666. The normalized spacial score (nSPS) is 11.0. The fourth-order valence-electron chi connectivity index (χ4n) is 1.48. The number of likely N-dealkylation sites (N-methyl/N-ethyl adjacent to an activating group) is 1. The third kappa shape index (κ3) is 4.35. The molecule has 1 aromatic rings. The number of benzene rings is 1. The number of carbonyl (C=O) groups excluding carboxylic acids is 2. The molecule has 0 aliphatic heterocycles. The Bertz CT molecular complexity index is 484. The van der Waals surface area contributed by atoms with Crippen LogP contribution in [0.2, 0.25) is 0 Å². The summed E-state index contributed by atoms with van der Waals surface area (Å²) in [6.07, 6.45) is 0.887. The Morgan fingerprint density at radius 3 is 2.55 bits per heavy atom. The van der Waals surface area contributed by atoms with Gasteiger partial charge in [0.05, 0.1) is 5.54 Å². The van der Waals surface area contributed by atoms with Crippen LogP contribution < -0.4 is 16.0 Å². The van der Waals surface area contributed by atoms with Crippen LogP contribution in [0.15, 0.2) is 24.3 Å². The average molecular weight is 277 g/mol. The van der Waals surface area contributed by atoms with Crippen molar-refractivity contribution in [2.75, 3.05) is 18.9 Å². The lowest BCUT2D eigenvalue weighted by Crippen LogP contribution is -2.47. The van der Waals surface area contributed by atoms with E-state index in [2.05, 4.69) is 16.0 Å². The zero-order valence-electron chi connectivity index (χ0n) is 12.5. The van der Waals surface area contributed by atoms with Crippen molar-refractivity contribution in [1.82, 2.24) is 10.6 Å². The van der Waals surface area contributed by atoms with Crippen LogP contribution >= 0.6 is 0 Å². The third-order valence-electron chi connectivity index (χ3n) is 3.11. The molecule has 0 fully saturated rings. The van der Waals surface area contributed by atoms with Crippen LogP contribution in [0.4, 0.5) is 5.69 Å². The molecule has 5 nitrogen and oxygen atoms in total. The van der Waals surface area contributed by atoms with E-state index in [1.54, 1.807) is 45.2 Å². The number of amides is 2. The lowest BCUT2D eigenvalue weighted by Gasteiger charge is -2.22. The number of rotatable bonds is 6. The molecule has 20 heavy (non-hydrogen) atoms. The topological polar surface area (TPSA) is 70.2 Å². The second kappa shape index (κ2) is 7.05. The molecule has 1 aromatic carbocycles. The van der Waals surface area contributed by atoms with Gasteiger partial charge in [-0.3, -0.25) is 9.59 Å². The van der Waals surface area contributed by atoms with E-state index in [1.807, 2.05) is 6.92 Å². The number of hydrogen-bond donors (Lipinski definition) is 3. The monoisotopic (exact) mass is 277 g/mol. The fourth-order valence-corrected chi connectivity index (χ4v) is 1.48. The predicted octanol–water partition coefficient (Wildman–Crippen LogP) is 1.76. The van der Waals surface area contributed by atoms with Crippen LogP contribution in [-0.2, 0) is 4.79 Å². The molecule has 3 N–H and O–H groups in total. The van der Waals surface area contributed by atoms with Crippen molar-refractivity contribution in [3.8, 4) is 0 Å². The van der Waals surface area contributed by atoms with Crippen molar-refractivity contribution in [3.05, 3.63) is 29.8 Å². The maximum absolute atomic E-state index is 12.0. The number of carbonyl (C=O) groups is 2. The first-order chi connectivity index (χ1) is 9.40. The molecular weight excluding hydrogens is 254 g/mol. The van der Waals surface area contributed by atoms with Gasteiger partial charge in [0.2, 0.25) is 5.91 Å². The zero-order valence-corrected chi connectivity index (χ0v) is 12.5. The maximum Gasteiger partial charge on any atom is 0.251 e. The fraction of sp³-hybridized carbons (Fsp3) is 0.467. The molecule has 0 heterocycles. The molecule has 0 aromatic heterocycles. The van der Waals surface area contributed by atoms with E-state index < -0.39 is 5.54 Å². The van der Waals surface area contributed by atoms with Gasteiger partial charge >= 0.3 is 0 Å². The van der Waals surface area contributed by atoms with Crippen LogP contribution in [0.3, 0.4) is 0 Å². The average Bonchev–Trinajstić information content (AvgIpc) is 2.44. The molecule has 1 rings (SSSR count). The Morgan fingerprint density at radius 2 is 1.95 bits per heavy atom. The lowest BCUT2D eigenvalue weighted by molar-refractivity contribution is -0.121. The van der Waals surface area contributed by atoms with E-state index in [9.17, 15) is 9.59 Å². The molecule has 0 radical (unpaired) electrons. The quantitative estimate of drug-likeness (QED) is 0.742. The summed E-state index contributed by atoms with van der Waals surface area (Å²) >= 11 is 0. The van der Waals surface area contributed by atoms with E-state index in [0.717, 1.165) is 6.42 Å². The van der Waals surface area contributed by atoms with E-state index >= 15 is 0 Å². The summed E-state index contributed by atoms with van der Waals surface area (Å²) in [4.78, 5) is 23.9. The molecule has 0 saturated carbocycles. The highest BCUT2D eigenvalue weighted by Gasteiger charge is 2.25. The second-order valence-corrected chi connectivity index (χ2v) is 5.17. The van der Waals surface area contributed by atoms with Crippen molar-refractivity contribution in [1.29, 1.82) is 0 Å². The first kappa shape index (κ1) is 16.2. The van der Waals surface area contributed by atoms with Crippen molar-refractivity contribution < 1.29 is 9.59 Å². The van der Waals surface area contributed by atoms with Gasteiger partial charge in [-0.2, -0.15) is 0 Å². The standard InChI is InChI=1S/C15H23N3O2/c1-5-9-17-13(19)11-7-6-8-12(10-11)18-14(20)15(2,3)16-4/h6-8,10,16H,5,9H2,1-4H3,(H,17,19)(H,18,20). The van der Waals surface area contributed by atoms with Gasteiger partial charge in [0, 0.05) is 17.8 Å². The van der Waals surface area contributed by atoms with Crippen LogP contribution in [-0.4, -0.2) is 30.9 Å². The summed E-state index contributed by atoms with van der Waals surface area (Å²) in [7, 11) is 1.73. The molecule has 0 aliphatic rings. The smallest absolute Gasteiger partial charge is 0.251 e. The van der Waals surface area contributed by atoms with Crippen LogP contribution in [0.5, 0.6) is 0 Å². The molecule has 0 spiro atoms. The van der Waals surface area contributed by atoms with Gasteiger partial charge in [-0.1, -0.05) is 13.0 Å². The van der Waals surface area contributed by atoms with Crippen molar-refractivity contribution in [2.45, 2.75) is 32.7 Å². The SMILES string of the molecule is CCCNC(=O)c1cccc(NC(=O)C(C)(C)NC)c1. The summed E-state index contributed by atoms with van der Waals surface area (Å²) in [5.41, 5.74) is 0.487. The second-order valence-electron chi connectivity index (χ2n) is 5.17. The lowest BCUT2D eigenvalue weighted by atomic mass is 10.0. The molecule has 0 atom stereocenters. The predicted molar refractivity (Wildman–Crippen MR) is 80.8 cm³/mol. The number of hydrogen-bond acceptors (Lipinski definition) is 3. The Balaban J connectivity index is 2.78. The van der Waals surface area contributed by atoms with E-state index in [4.69, 9.17) is 0 Å². The molecule has 5 heteroatoms. The zero-order chi connectivity index (χ0) is 15.2. The van der Waals surface area contributed by atoms with Crippen molar-refractivity contribution >= 4 is 17.5 Å². The molecule has 110 valence electrons. The van der Waals surface area contributed by atoms with Gasteiger partial charge < -0.3 is 16.0 Å². The minimum absolute atomic E-state index is 0.129. The van der Waals surface area contributed by atoms with Gasteiger partial charge in [-0.15, -0.1) is 0 Å². The number of anilines is 1. The molecule has 0 saturated heterocycles. The highest BCUT2D eigenvalue weighted by Crippen LogP contribution is 2.13.